The Morgan fingerprint density at radius 3 is 2.91 bits per heavy atom. The van der Waals surface area contributed by atoms with Gasteiger partial charge in [0.2, 0.25) is 5.91 Å². The third-order valence-corrected chi connectivity index (χ3v) is 1.16. The number of nitrogens with two attached hydrogens (primary N) is 1. The van der Waals surface area contributed by atoms with Gasteiger partial charge in [-0.2, -0.15) is 0 Å². The van der Waals surface area contributed by atoms with E-state index in [0.29, 0.717) is 19.5 Å². The Labute approximate surface area is 67.3 Å². The second kappa shape index (κ2) is 7.10. The minimum Gasteiger partial charge on any atom is -0.345 e. The van der Waals surface area contributed by atoms with E-state index in [-0.39, 0.29) is 5.91 Å². The molecule has 0 aliphatic rings. The molecular weight excluding hydrogens is 140 g/mol. The van der Waals surface area contributed by atoms with E-state index in [1.54, 1.807) is 6.92 Å². The van der Waals surface area contributed by atoms with Gasteiger partial charge in [-0.25, -0.2) is 0 Å². The van der Waals surface area contributed by atoms with Crippen LogP contribution in [0, 0.1) is 11.8 Å². The molecule has 0 aliphatic carbocycles. The lowest BCUT2D eigenvalue weighted by Gasteiger charge is -1.98. The maximum atomic E-state index is 10.8. The van der Waals surface area contributed by atoms with Gasteiger partial charge in [0.15, 0.2) is 0 Å². The first kappa shape index (κ1) is 9.99. The van der Waals surface area contributed by atoms with Crippen molar-refractivity contribution in [3.05, 3.63) is 0 Å². The molecule has 0 heterocycles. The van der Waals surface area contributed by atoms with Crippen LogP contribution in [-0.4, -0.2) is 19.0 Å². The molecule has 3 heteroatoms. The summed E-state index contributed by atoms with van der Waals surface area (Å²) in [6, 6.07) is 0. The minimum atomic E-state index is 0.0261. The van der Waals surface area contributed by atoms with Crippen molar-refractivity contribution < 1.29 is 4.79 Å². The molecule has 11 heavy (non-hydrogen) atoms. The van der Waals surface area contributed by atoms with Crippen LogP contribution in [0.1, 0.15) is 19.8 Å². The molecule has 3 nitrogen and oxygen atoms in total. The second-order valence-corrected chi connectivity index (χ2v) is 2.10. The number of rotatable bonds is 4. The fourth-order valence-electron chi connectivity index (χ4n) is 0.582. The third-order valence-electron chi connectivity index (χ3n) is 1.16. The van der Waals surface area contributed by atoms with Gasteiger partial charge >= 0.3 is 0 Å². The van der Waals surface area contributed by atoms with E-state index in [1.165, 1.54) is 0 Å². The van der Waals surface area contributed by atoms with Gasteiger partial charge in [-0.05, 0) is 19.9 Å². The van der Waals surface area contributed by atoms with Gasteiger partial charge < -0.3 is 11.1 Å². The summed E-state index contributed by atoms with van der Waals surface area (Å²) in [5.41, 5.74) is 5.22. The standard InChI is InChI=1S/C8H14N2O/c1-2-3-7-10-8(11)5-4-6-9/h4-7,9H2,1H3,(H,10,11). The molecule has 3 N–H and O–H groups in total. The average Bonchev–Trinajstić information content (AvgIpc) is 2.01. The fourth-order valence-corrected chi connectivity index (χ4v) is 0.582. The molecule has 0 rings (SSSR count). The third kappa shape index (κ3) is 6.88. The summed E-state index contributed by atoms with van der Waals surface area (Å²) in [4.78, 5) is 10.8. The highest BCUT2D eigenvalue weighted by Gasteiger charge is 1.96. The van der Waals surface area contributed by atoms with Crippen molar-refractivity contribution >= 4 is 5.91 Å². The molecule has 62 valence electrons. The van der Waals surface area contributed by atoms with Crippen molar-refractivity contribution in [1.29, 1.82) is 0 Å². The first-order chi connectivity index (χ1) is 5.31. The Hall–Kier alpha value is -1.01. The van der Waals surface area contributed by atoms with Gasteiger partial charge in [0.1, 0.15) is 0 Å². The Morgan fingerprint density at radius 2 is 2.36 bits per heavy atom. The smallest absolute Gasteiger partial charge is 0.220 e. The number of carbonyl (C=O) groups is 1. The van der Waals surface area contributed by atoms with Crippen LogP contribution in [0.15, 0.2) is 0 Å². The fraction of sp³-hybridized carbons (Fsp3) is 0.625. The molecule has 0 aliphatic heterocycles. The minimum absolute atomic E-state index is 0.0261. The average molecular weight is 154 g/mol. The molecule has 0 aromatic carbocycles. The molecule has 0 saturated carbocycles. The molecular formula is C8H14N2O. The first-order valence-electron chi connectivity index (χ1n) is 3.67. The van der Waals surface area contributed by atoms with Crippen molar-refractivity contribution in [2.75, 3.05) is 13.1 Å². The Morgan fingerprint density at radius 1 is 1.64 bits per heavy atom. The van der Waals surface area contributed by atoms with Crippen molar-refractivity contribution in [3.63, 3.8) is 0 Å². The highest BCUT2D eigenvalue weighted by Crippen LogP contribution is 1.83. The van der Waals surface area contributed by atoms with Crippen LogP contribution in [-0.2, 0) is 4.79 Å². The van der Waals surface area contributed by atoms with Crippen LogP contribution < -0.4 is 11.1 Å². The van der Waals surface area contributed by atoms with Crippen LogP contribution in [0.25, 0.3) is 0 Å². The van der Waals surface area contributed by atoms with Crippen LogP contribution in [0.3, 0.4) is 0 Å². The van der Waals surface area contributed by atoms with E-state index < -0.39 is 0 Å². The lowest BCUT2D eigenvalue weighted by atomic mass is 10.3. The number of amides is 1. The number of nitrogens with one attached hydrogen (secondary N) is 1. The maximum Gasteiger partial charge on any atom is 0.220 e. The summed E-state index contributed by atoms with van der Waals surface area (Å²) in [5.74, 6) is 5.46. The summed E-state index contributed by atoms with van der Waals surface area (Å²) in [7, 11) is 0. The number of carbonyl (C=O) groups excluding carboxylic acids is 1. The normalized spacial score (nSPS) is 8.18. The number of hydrogen-bond donors (Lipinski definition) is 2. The van der Waals surface area contributed by atoms with Crippen LogP contribution >= 0.6 is 0 Å². The van der Waals surface area contributed by atoms with Crippen LogP contribution in [0.4, 0.5) is 0 Å². The topological polar surface area (TPSA) is 55.1 Å². The Bertz CT molecular complexity index is 167. The zero-order chi connectivity index (χ0) is 8.53. The molecule has 1 amide bonds. The summed E-state index contributed by atoms with van der Waals surface area (Å²) < 4.78 is 0. The predicted molar refractivity (Wildman–Crippen MR) is 44.7 cm³/mol. The van der Waals surface area contributed by atoms with Crippen LogP contribution in [0.2, 0.25) is 0 Å². The molecule has 0 aromatic heterocycles. The molecule has 0 atom stereocenters. The molecule has 0 radical (unpaired) electrons. The van der Waals surface area contributed by atoms with E-state index in [4.69, 9.17) is 5.73 Å². The first-order valence-corrected chi connectivity index (χ1v) is 3.67. The lowest BCUT2D eigenvalue weighted by Crippen LogP contribution is -2.23. The van der Waals surface area contributed by atoms with Crippen molar-refractivity contribution in [2.45, 2.75) is 19.8 Å². The summed E-state index contributed by atoms with van der Waals surface area (Å²) in [6.07, 6.45) is 1.24. The monoisotopic (exact) mass is 154 g/mol. The zero-order valence-corrected chi connectivity index (χ0v) is 6.81. The maximum absolute atomic E-state index is 10.8. The van der Waals surface area contributed by atoms with Crippen molar-refractivity contribution in [1.82, 2.24) is 5.32 Å². The van der Waals surface area contributed by atoms with Gasteiger partial charge in [0.05, 0.1) is 6.54 Å². The van der Waals surface area contributed by atoms with Crippen molar-refractivity contribution in [2.24, 2.45) is 5.73 Å². The van der Waals surface area contributed by atoms with Crippen molar-refractivity contribution in [3.8, 4) is 11.8 Å². The molecule has 0 saturated heterocycles. The van der Waals surface area contributed by atoms with Crippen LogP contribution in [0.5, 0.6) is 0 Å². The summed E-state index contributed by atoms with van der Waals surface area (Å²) in [6.45, 7) is 2.75. The second-order valence-electron chi connectivity index (χ2n) is 2.10. The van der Waals surface area contributed by atoms with E-state index in [1.807, 2.05) is 0 Å². The predicted octanol–water partition coefficient (Wildman–Crippen LogP) is -0.135. The largest absolute Gasteiger partial charge is 0.345 e. The molecule has 0 bridgehead atoms. The van der Waals surface area contributed by atoms with Gasteiger partial charge in [-0.15, -0.1) is 5.92 Å². The lowest BCUT2D eigenvalue weighted by molar-refractivity contribution is -0.120. The van der Waals surface area contributed by atoms with E-state index in [2.05, 4.69) is 17.2 Å². The van der Waals surface area contributed by atoms with Gasteiger partial charge in [0, 0.05) is 6.42 Å². The molecule has 0 aromatic rings. The quantitative estimate of drug-likeness (QED) is 0.554. The highest BCUT2D eigenvalue weighted by molar-refractivity contribution is 5.76. The molecule has 0 fully saturated rings. The summed E-state index contributed by atoms with van der Waals surface area (Å²) in [5, 5.41) is 2.65. The zero-order valence-electron chi connectivity index (χ0n) is 6.81. The highest BCUT2D eigenvalue weighted by atomic mass is 16.1. The van der Waals surface area contributed by atoms with Gasteiger partial charge in [-0.3, -0.25) is 4.79 Å². The summed E-state index contributed by atoms with van der Waals surface area (Å²) >= 11 is 0. The van der Waals surface area contributed by atoms with E-state index in [0.717, 1.165) is 6.42 Å². The van der Waals surface area contributed by atoms with E-state index >= 15 is 0 Å². The molecule has 0 unspecified atom stereocenters. The Balaban J connectivity index is 3.27. The molecule has 0 spiro atoms. The SMILES string of the molecule is CC#CCNC(=O)CCCN. The van der Waals surface area contributed by atoms with Gasteiger partial charge in [-0.1, -0.05) is 5.92 Å². The van der Waals surface area contributed by atoms with E-state index in [9.17, 15) is 4.79 Å². The number of hydrogen-bond acceptors (Lipinski definition) is 2. The van der Waals surface area contributed by atoms with Gasteiger partial charge in [0.25, 0.3) is 0 Å². The Kier molecular flexibility index (Phi) is 6.45.